The molecule has 0 aromatic carbocycles. The maximum absolute atomic E-state index is 11.4. The summed E-state index contributed by atoms with van der Waals surface area (Å²) in [4.78, 5) is 21.7. The lowest BCUT2D eigenvalue weighted by atomic mass is 10.2. The Morgan fingerprint density at radius 2 is 1.94 bits per heavy atom. The van der Waals surface area contributed by atoms with Crippen LogP contribution in [0, 0.1) is 0 Å². The third-order valence-corrected chi connectivity index (χ3v) is 3.07. The van der Waals surface area contributed by atoms with Gasteiger partial charge in [0.2, 0.25) is 10.0 Å². The van der Waals surface area contributed by atoms with Gasteiger partial charge in [0.15, 0.2) is 5.75 Å². The highest BCUT2D eigenvalue weighted by Gasteiger charge is 2.25. The van der Waals surface area contributed by atoms with Crippen LogP contribution < -0.4 is 4.72 Å². The van der Waals surface area contributed by atoms with Gasteiger partial charge in [-0.05, 0) is 13.3 Å². The van der Waals surface area contributed by atoms with Crippen molar-refractivity contribution in [3.05, 3.63) is 0 Å². The molecule has 17 heavy (non-hydrogen) atoms. The van der Waals surface area contributed by atoms with E-state index in [0.717, 1.165) is 0 Å². The second-order valence-corrected chi connectivity index (χ2v) is 5.12. The second kappa shape index (κ2) is 7.23. The van der Waals surface area contributed by atoms with Gasteiger partial charge >= 0.3 is 11.9 Å². The second-order valence-electron chi connectivity index (χ2n) is 3.36. The summed E-state index contributed by atoms with van der Waals surface area (Å²) in [6.45, 7) is 3.36. The van der Waals surface area contributed by atoms with E-state index in [1.807, 2.05) is 4.72 Å². The minimum absolute atomic E-state index is 0.0751. The van der Waals surface area contributed by atoms with Crippen molar-refractivity contribution in [1.29, 1.82) is 0 Å². The van der Waals surface area contributed by atoms with E-state index >= 15 is 0 Å². The van der Waals surface area contributed by atoms with Crippen LogP contribution in [-0.2, 0) is 24.3 Å². The highest BCUT2D eigenvalue weighted by atomic mass is 32.2. The number of aliphatic carboxylic acids is 1. The van der Waals surface area contributed by atoms with E-state index in [1.165, 1.54) is 0 Å². The molecule has 2 N–H and O–H groups in total. The van der Waals surface area contributed by atoms with Gasteiger partial charge in [-0.1, -0.05) is 13.3 Å². The summed E-state index contributed by atoms with van der Waals surface area (Å²) in [5.41, 5.74) is 0. The molecular formula is C9H17NO6S. The molecule has 0 aliphatic heterocycles. The van der Waals surface area contributed by atoms with Gasteiger partial charge in [-0.25, -0.2) is 13.1 Å². The first-order valence-electron chi connectivity index (χ1n) is 5.20. The van der Waals surface area contributed by atoms with Gasteiger partial charge in [0.1, 0.15) is 6.04 Å². The Kier molecular flexibility index (Phi) is 6.74. The Morgan fingerprint density at radius 1 is 1.35 bits per heavy atom. The summed E-state index contributed by atoms with van der Waals surface area (Å²) in [5.74, 6) is -3.03. The molecule has 0 aromatic rings. The Labute approximate surface area is 100 Å². The van der Waals surface area contributed by atoms with Gasteiger partial charge in [-0.3, -0.25) is 9.59 Å². The lowest BCUT2D eigenvalue weighted by molar-refractivity contribution is -0.141. The molecule has 7 nitrogen and oxygen atoms in total. The lowest BCUT2D eigenvalue weighted by Crippen LogP contribution is -2.43. The molecule has 0 amide bonds. The average molecular weight is 267 g/mol. The van der Waals surface area contributed by atoms with Crippen LogP contribution in [0.3, 0.4) is 0 Å². The van der Waals surface area contributed by atoms with Crippen molar-refractivity contribution in [2.24, 2.45) is 0 Å². The monoisotopic (exact) mass is 267 g/mol. The Bertz CT molecular complexity index is 364. The van der Waals surface area contributed by atoms with E-state index in [0.29, 0.717) is 6.42 Å². The number of sulfonamides is 1. The van der Waals surface area contributed by atoms with E-state index in [9.17, 15) is 18.0 Å². The predicted molar refractivity (Wildman–Crippen MR) is 59.9 cm³/mol. The quantitative estimate of drug-likeness (QED) is 0.585. The van der Waals surface area contributed by atoms with Gasteiger partial charge in [-0.15, -0.1) is 0 Å². The number of carboxylic acid groups (broad SMARTS) is 1. The number of rotatable bonds is 8. The van der Waals surface area contributed by atoms with Crippen molar-refractivity contribution in [3.8, 4) is 0 Å². The van der Waals surface area contributed by atoms with Gasteiger partial charge in [0.05, 0.1) is 6.61 Å². The molecule has 0 fully saturated rings. The largest absolute Gasteiger partial charge is 0.480 e. The summed E-state index contributed by atoms with van der Waals surface area (Å²) < 4.78 is 29.3. The number of ether oxygens (including phenoxy) is 1. The number of carbonyl (C=O) groups excluding carboxylic acids is 1. The molecule has 0 aromatic heterocycles. The molecule has 0 aliphatic carbocycles. The zero-order valence-electron chi connectivity index (χ0n) is 9.80. The van der Waals surface area contributed by atoms with Gasteiger partial charge in [-0.2, -0.15) is 0 Å². The van der Waals surface area contributed by atoms with E-state index in [4.69, 9.17) is 5.11 Å². The lowest BCUT2D eigenvalue weighted by Gasteiger charge is -2.13. The van der Waals surface area contributed by atoms with E-state index in [2.05, 4.69) is 4.74 Å². The number of esters is 1. The Hall–Kier alpha value is -1.15. The average Bonchev–Trinajstić information content (AvgIpc) is 2.15. The van der Waals surface area contributed by atoms with Crippen LogP contribution in [0.5, 0.6) is 0 Å². The maximum Gasteiger partial charge on any atom is 0.322 e. The maximum atomic E-state index is 11.4. The predicted octanol–water partition coefficient (Wildman–Crippen LogP) is -0.278. The van der Waals surface area contributed by atoms with Gasteiger partial charge < -0.3 is 9.84 Å². The topological polar surface area (TPSA) is 110 Å². The number of nitrogens with one attached hydrogen (secondary N) is 1. The van der Waals surface area contributed by atoms with Crippen LogP contribution in [-0.4, -0.2) is 43.9 Å². The number of hydrogen-bond acceptors (Lipinski definition) is 5. The smallest absolute Gasteiger partial charge is 0.322 e. The first kappa shape index (κ1) is 15.9. The van der Waals surface area contributed by atoms with Crippen LogP contribution in [0.4, 0.5) is 0 Å². The van der Waals surface area contributed by atoms with Crippen molar-refractivity contribution in [3.63, 3.8) is 0 Å². The molecule has 0 saturated heterocycles. The number of hydrogen-bond donors (Lipinski definition) is 2. The molecule has 100 valence electrons. The van der Waals surface area contributed by atoms with E-state index in [1.54, 1.807) is 13.8 Å². The third kappa shape index (κ3) is 6.90. The SMILES string of the molecule is CCCC(NS(=O)(=O)CC(=O)OCC)C(=O)O. The summed E-state index contributed by atoms with van der Waals surface area (Å²) in [6.07, 6.45) is 0.677. The summed E-state index contributed by atoms with van der Waals surface area (Å²) in [6, 6.07) is -1.21. The van der Waals surface area contributed by atoms with Crippen LogP contribution >= 0.6 is 0 Å². The highest BCUT2D eigenvalue weighted by Crippen LogP contribution is 2.00. The fraction of sp³-hybridized carbons (Fsp3) is 0.778. The molecule has 8 heteroatoms. The summed E-state index contributed by atoms with van der Waals surface area (Å²) in [5, 5.41) is 8.76. The normalized spacial score (nSPS) is 13.1. The van der Waals surface area contributed by atoms with Gasteiger partial charge in [0.25, 0.3) is 0 Å². The van der Waals surface area contributed by atoms with Crippen molar-refractivity contribution in [1.82, 2.24) is 4.72 Å². The Balaban J connectivity index is 4.50. The molecule has 0 radical (unpaired) electrons. The molecule has 0 bridgehead atoms. The van der Waals surface area contributed by atoms with E-state index in [-0.39, 0.29) is 13.0 Å². The van der Waals surface area contributed by atoms with Crippen molar-refractivity contribution < 1.29 is 27.9 Å². The highest BCUT2D eigenvalue weighted by molar-refractivity contribution is 7.90. The first-order valence-corrected chi connectivity index (χ1v) is 6.86. The molecule has 0 heterocycles. The minimum atomic E-state index is -3.97. The summed E-state index contributed by atoms with van der Waals surface area (Å²) >= 11 is 0. The fourth-order valence-corrected chi connectivity index (χ4v) is 2.27. The van der Waals surface area contributed by atoms with Gasteiger partial charge in [0, 0.05) is 0 Å². The molecule has 0 spiro atoms. The fourth-order valence-electron chi connectivity index (χ4n) is 1.14. The van der Waals surface area contributed by atoms with E-state index < -0.39 is 33.8 Å². The zero-order chi connectivity index (χ0) is 13.5. The molecule has 0 rings (SSSR count). The molecular weight excluding hydrogens is 250 g/mol. The van der Waals surface area contributed by atoms with Crippen LogP contribution in [0.25, 0.3) is 0 Å². The van der Waals surface area contributed by atoms with Crippen molar-refractivity contribution in [2.75, 3.05) is 12.4 Å². The van der Waals surface area contributed by atoms with Crippen LogP contribution in [0.1, 0.15) is 26.7 Å². The van der Waals surface area contributed by atoms with Crippen molar-refractivity contribution in [2.45, 2.75) is 32.7 Å². The molecule has 0 saturated carbocycles. The number of carboxylic acids is 1. The summed E-state index contributed by atoms with van der Waals surface area (Å²) in [7, 11) is -3.97. The Morgan fingerprint density at radius 3 is 2.35 bits per heavy atom. The molecule has 1 unspecified atom stereocenters. The molecule has 0 aliphatic rings. The van der Waals surface area contributed by atoms with Crippen molar-refractivity contribution >= 4 is 22.0 Å². The number of carbonyl (C=O) groups is 2. The third-order valence-electron chi connectivity index (χ3n) is 1.81. The van der Waals surface area contributed by atoms with Crippen LogP contribution in [0.15, 0.2) is 0 Å². The zero-order valence-corrected chi connectivity index (χ0v) is 10.6. The molecule has 1 atom stereocenters. The first-order chi connectivity index (χ1) is 7.82. The standard InChI is InChI=1S/C9H17NO6S/c1-3-5-7(9(12)13)10-17(14,15)6-8(11)16-4-2/h7,10H,3-6H2,1-2H3,(H,12,13). The minimum Gasteiger partial charge on any atom is -0.480 e. The van der Waals surface area contributed by atoms with Crippen LogP contribution in [0.2, 0.25) is 0 Å².